The number of para-hydroxylation sites is 1. The Hall–Kier alpha value is -1.28. The summed E-state index contributed by atoms with van der Waals surface area (Å²) in [5.41, 5.74) is 0.976. The lowest BCUT2D eigenvalue weighted by Crippen LogP contribution is -2.28. The molecule has 110 valence electrons. The van der Waals surface area contributed by atoms with Crippen LogP contribution in [0.5, 0.6) is 0 Å². The maximum atomic E-state index is 5.91. The molecule has 2 atom stereocenters. The first-order valence-corrected chi connectivity index (χ1v) is 7.80. The second kappa shape index (κ2) is 6.94. The van der Waals surface area contributed by atoms with Gasteiger partial charge in [-0.25, -0.2) is 0 Å². The third-order valence-corrected chi connectivity index (χ3v) is 3.82. The van der Waals surface area contributed by atoms with Crippen LogP contribution in [0.15, 0.2) is 34.7 Å². The Bertz CT molecular complexity index is 496. The molecular weight excluding hydrogens is 246 g/mol. The van der Waals surface area contributed by atoms with E-state index in [9.17, 15) is 0 Å². The molecular formula is C18H27NO. The predicted molar refractivity (Wildman–Crippen MR) is 85.9 cm³/mol. The van der Waals surface area contributed by atoms with E-state index in [1.54, 1.807) is 0 Å². The van der Waals surface area contributed by atoms with Gasteiger partial charge in [0.1, 0.15) is 11.3 Å². The largest absolute Gasteiger partial charge is 0.459 e. The number of hydrogen-bond acceptors (Lipinski definition) is 2. The van der Waals surface area contributed by atoms with Crippen LogP contribution in [0.25, 0.3) is 11.0 Å². The molecule has 0 saturated carbocycles. The van der Waals surface area contributed by atoms with Crippen LogP contribution in [-0.2, 0) is 0 Å². The zero-order valence-corrected chi connectivity index (χ0v) is 13.1. The van der Waals surface area contributed by atoms with Crippen molar-refractivity contribution in [1.29, 1.82) is 0 Å². The van der Waals surface area contributed by atoms with Gasteiger partial charge in [0.05, 0.1) is 6.04 Å². The number of nitrogens with one attached hydrogen (secondary N) is 1. The van der Waals surface area contributed by atoms with E-state index in [1.165, 1.54) is 24.6 Å². The molecule has 2 heteroatoms. The van der Waals surface area contributed by atoms with Crippen molar-refractivity contribution in [2.24, 2.45) is 5.92 Å². The van der Waals surface area contributed by atoms with E-state index in [-0.39, 0.29) is 6.04 Å². The van der Waals surface area contributed by atoms with Gasteiger partial charge in [-0.05, 0) is 38.3 Å². The van der Waals surface area contributed by atoms with E-state index < -0.39 is 0 Å². The molecule has 2 rings (SSSR count). The molecule has 0 aliphatic rings. The quantitative estimate of drug-likeness (QED) is 0.740. The number of furan rings is 1. The van der Waals surface area contributed by atoms with Crippen molar-refractivity contribution in [3.05, 3.63) is 36.1 Å². The van der Waals surface area contributed by atoms with Gasteiger partial charge in [0.25, 0.3) is 0 Å². The molecule has 2 unspecified atom stereocenters. The first-order chi connectivity index (χ1) is 9.56. The number of rotatable bonds is 7. The van der Waals surface area contributed by atoms with Crippen LogP contribution in [-0.4, -0.2) is 6.04 Å². The molecule has 0 radical (unpaired) electrons. The Morgan fingerprint density at radius 2 is 1.80 bits per heavy atom. The van der Waals surface area contributed by atoms with E-state index in [1.807, 2.05) is 18.2 Å². The van der Waals surface area contributed by atoms with Gasteiger partial charge in [-0.3, -0.25) is 0 Å². The third kappa shape index (κ3) is 4.11. The molecule has 1 N–H and O–H groups in total. The molecule has 2 nitrogen and oxygen atoms in total. The molecule has 0 spiro atoms. The lowest BCUT2D eigenvalue weighted by atomic mass is 10.0. The third-order valence-electron chi connectivity index (χ3n) is 3.82. The van der Waals surface area contributed by atoms with E-state index >= 15 is 0 Å². The van der Waals surface area contributed by atoms with Crippen molar-refractivity contribution in [2.45, 2.75) is 59.0 Å². The summed E-state index contributed by atoms with van der Waals surface area (Å²) in [5, 5.41) is 4.82. The van der Waals surface area contributed by atoms with Crippen LogP contribution in [0.2, 0.25) is 0 Å². The fourth-order valence-corrected chi connectivity index (χ4v) is 2.64. The Morgan fingerprint density at radius 3 is 2.50 bits per heavy atom. The Morgan fingerprint density at radius 1 is 1.05 bits per heavy atom. The first kappa shape index (κ1) is 15.1. The molecule has 0 bridgehead atoms. The van der Waals surface area contributed by atoms with Crippen LogP contribution < -0.4 is 5.32 Å². The molecule has 20 heavy (non-hydrogen) atoms. The van der Waals surface area contributed by atoms with Crippen LogP contribution in [0.4, 0.5) is 0 Å². The van der Waals surface area contributed by atoms with Crippen molar-refractivity contribution >= 4 is 11.0 Å². The number of hydrogen-bond donors (Lipinski definition) is 1. The van der Waals surface area contributed by atoms with Crippen LogP contribution in [0.1, 0.15) is 58.8 Å². The smallest absolute Gasteiger partial charge is 0.134 e. The standard InChI is InChI=1S/C18H27NO/c1-13(2)8-7-9-14(3)19-15(4)18-12-16-10-5-6-11-17(16)20-18/h5-6,10-15,19H,7-9H2,1-4H3. The van der Waals surface area contributed by atoms with E-state index in [4.69, 9.17) is 4.42 Å². The summed E-state index contributed by atoms with van der Waals surface area (Å²) in [6.45, 7) is 9.01. The molecule has 1 aromatic carbocycles. The van der Waals surface area contributed by atoms with Gasteiger partial charge in [0.2, 0.25) is 0 Å². The summed E-state index contributed by atoms with van der Waals surface area (Å²) in [6.07, 6.45) is 3.83. The Labute approximate surface area is 122 Å². The highest BCUT2D eigenvalue weighted by Crippen LogP contribution is 2.24. The zero-order chi connectivity index (χ0) is 14.5. The molecule has 0 aliphatic heterocycles. The van der Waals surface area contributed by atoms with Gasteiger partial charge >= 0.3 is 0 Å². The average Bonchev–Trinajstić information content (AvgIpc) is 2.82. The van der Waals surface area contributed by atoms with Gasteiger partial charge in [-0.1, -0.05) is 44.9 Å². The van der Waals surface area contributed by atoms with E-state index in [0.717, 1.165) is 17.3 Å². The highest BCUT2D eigenvalue weighted by molar-refractivity contribution is 5.77. The molecule has 0 saturated heterocycles. The van der Waals surface area contributed by atoms with Gasteiger partial charge in [-0.15, -0.1) is 0 Å². The minimum Gasteiger partial charge on any atom is -0.459 e. The maximum Gasteiger partial charge on any atom is 0.134 e. The Kier molecular flexibility index (Phi) is 5.24. The SMILES string of the molecule is CC(C)CCCC(C)NC(C)c1cc2ccccc2o1. The van der Waals surface area contributed by atoms with E-state index in [2.05, 4.69) is 45.1 Å². The summed E-state index contributed by atoms with van der Waals surface area (Å²) in [4.78, 5) is 0. The average molecular weight is 273 g/mol. The summed E-state index contributed by atoms with van der Waals surface area (Å²) in [7, 11) is 0. The second-order valence-electron chi connectivity index (χ2n) is 6.30. The summed E-state index contributed by atoms with van der Waals surface area (Å²) in [5.74, 6) is 1.83. The first-order valence-electron chi connectivity index (χ1n) is 7.80. The topological polar surface area (TPSA) is 25.2 Å². The fraction of sp³-hybridized carbons (Fsp3) is 0.556. The summed E-state index contributed by atoms with van der Waals surface area (Å²) >= 11 is 0. The fourth-order valence-electron chi connectivity index (χ4n) is 2.64. The van der Waals surface area contributed by atoms with Crippen molar-refractivity contribution in [1.82, 2.24) is 5.32 Å². The van der Waals surface area contributed by atoms with Gasteiger partial charge in [-0.2, -0.15) is 0 Å². The van der Waals surface area contributed by atoms with Crippen LogP contribution in [0.3, 0.4) is 0 Å². The lowest BCUT2D eigenvalue weighted by Gasteiger charge is -2.18. The number of benzene rings is 1. The molecule has 0 amide bonds. The lowest BCUT2D eigenvalue weighted by molar-refractivity contribution is 0.385. The summed E-state index contributed by atoms with van der Waals surface area (Å²) in [6, 6.07) is 11.1. The molecule has 1 heterocycles. The zero-order valence-electron chi connectivity index (χ0n) is 13.1. The minimum atomic E-state index is 0.261. The minimum absolute atomic E-state index is 0.261. The normalized spacial score (nSPS) is 14.8. The molecule has 0 fully saturated rings. The maximum absolute atomic E-state index is 5.91. The van der Waals surface area contributed by atoms with Crippen LogP contribution >= 0.6 is 0 Å². The summed E-state index contributed by atoms with van der Waals surface area (Å²) < 4.78 is 5.91. The van der Waals surface area contributed by atoms with Gasteiger partial charge < -0.3 is 9.73 Å². The van der Waals surface area contributed by atoms with Crippen LogP contribution in [0, 0.1) is 5.92 Å². The van der Waals surface area contributed by atoms with Gasteiger partial charge in [0, 0.05) is 11.4 Å². The van der Waals surface area contributed by atoms with E-state index in [0.29, 0.717) is 6.04 Å². The van der Waals surface area contributed by atoms with Crippen molar-refractivity contribution in [3.63, 3.8) is 0 Å². The van der Waals surface area contributed by atoms with Crippen molar-refractivity contribution < 1.29 is 4.42 Å². The van der Waals surface area contributed by atoms with Crippen molar-refractivity contribution in [2.75, 3.05) is 0 Å². The Balaban J connectivity index is 1.89. The highest BCUT2D eigenvalue weighted by Gasteiger charge is 2.13. The molecule has 1 aromatic heterocycles. The second-order valence-corrected chi connectivity index (χ2v) is 6.30. The monoisotopic (exact) mass is 273 g/mol. The van der Waals surface area contributed by atoms with Gasteiger partial charge in [0.15, 0.2) is 0 Å². The molecule has 0 aliphatic carbocycles. The molecule has 2 aromatic rings. The number of fused-ring (bicyclic) bond motifs is 1. The predicted octanol–water partition coefficient (Wildman–Crippen LogP) is 5.30. The highest BCUT2D eigenvalue weighted by atomic mass is 16.3. The van der Waals surface area contributed by atoms with Crippen molar-refractivity contribution in [3.8, 4) is 0 Å².